The number of nitrogens with zero attached hydrogens (tertiary/aromatic N) is 2. The highest BCUT2D eigenvalue weighted by Crippen LogP contribution is 2.31. The summed E-state index contributed by atoms with van der Waals surface area (Å²) >= 11 is 0. The Hall–Kier alpha value is -3.48. The Labute approximate surface area is 174 Å². The van der Waals surface area contributed by atoms with Gasteiger partial charge in [0.25, 0.3) is 11.5 Å². The van der Waals surface area contributed by atoms with Gasteiger partial charge in [-0.05, 0) is 50.3 Å². The van der Waals surface area contributed by atoms with E-state index in [4.69, 9.17) is 0 Å². The smallest absolute Gasteiger partial charge is 0.273 e. The van der Waals surface area contributed by atoms with E-state index in [1.165, 1.54) is 10.2 Å². The Morgan fingerprint density at radius 3 is 2.50 bits per heavy atom. The number of benzene rings is 2. The molecule has 0 radical (unpaired) electrons. The van der Waals surface area contributed by atoms with Crippen molar-refractivity contribution in [1.82, 2.24) is 20.6 Å². The van der Waals surface area contributed by atoms with E-state index in [1.54, 1.807) is 24.3 Å². The molecule has 0 spiro atoms. The fourth-order valence-electron chi connectivity index (χ4n) is 4.02. The number of fused-ring (bicyclic) bond motifs is 2. The molecule has 154 valence electrons. The Balaban J connectivity index is 1.58. The van der Waals surface area contributed by atoms with Gasteiger partial charge in [-0.25, -0.2) is 4.68 Å². The fraction of sp³-hybridized carbons (Fsp3) is 0.304. The highest BCUT2D eigenvalue weighted by atomic mass is 16.2. The van der Waals surface area contributed by atoms with Crippen LogP contribution in [0.25, 0.3) is 10.8 Å². The molecular weight excluding hydrogens is 380 g/mol. The fourth-order valence-corrected chi connectivity index (χ4v) is 4.02. The number of aryl methyl sites for hydroxylation is 1. The molecule has 1 heterocycles. The summed E-state index contributed by atoms with van der Waals surface area (Å²) in [5.41, 5.74) is 7.07. The van der Waals surface area contributed by atoms with E-state index in [0.29, 0.717) is 10.8 Å². The van der Waals surface area contributed by atoms with Gasteiger partial charge in [0.1, 0.15) is 0 Å². The van der Waals surface area contributed by atoms with Crippen LogP contribution in [0, 0.1) is 0 Å². The van der Waals surface area contributed by atoms with Crippen LogP contribution < -0.4 is 16.4 Å². The second kappa shape index (κ2) is 8.10. The first-order valence-electron chi connectivity index (χ1n) is 10.2. The summed E-state index contributed by atoms with van der Waals surface area (Å²) in [4.78, 5) is 38.3. The van der Waals surface area contributed by atoms with E-state index in [9.17, 15) is 14.4 Å². The lowest BCUT2D eigenvalue weighted by Crippen LogP contribution is -2.45. The third kappa shape index (κ3) is 3.58. The molecule has 0 unspecified atom stereocenters. The summed E-state index contributed by atoms with van der Waals surface area (Å²) in [6, 6.07) is 14.6. The minimum Gasteiger partial charge on any atom is -0.273 e. The van der Waals surface area contributed by atoms with Gasteiger partial charge in [0.15, 0.2) is 5.69 Å². The molecule has 4 rings (SSSR count). The Morgan fingerprint density at radius 2 is 1.73 bits per heavy atom. The van der Waals surface area contributed by atoms with E-state index in [1.807, 2.05) is 38.1 Å². The predicted molar refractivity (Wildman–Crippen MR) is 114 cm³/mol. The molecule has 1 aliphatic carbocycles. The standard InChI is InChI=1S/C23H24N4O3/c1-14(2)27-23(30)19-12-6-5-11-17(19)20(26-27)22(29)25-24-21(28)18-13-7-9-15-8-3-4-10-16(15)18/h3-6,8,10-12,14,18H,7,9,13H2,1-2H3,(H,24,28)(H,25,29)/t18-/m0/s1. The SMILES string of the molecule is CC(C)n1nc(C(=O)NNC(=O)[C@H]2CCCc3ccccc32)c2ccccc2c1=O. The molecule has 2 N–H and O–H groups in total. The molecule has 30 heavy (non-hydrogen) atoms. The van der Waals surface area contributed by atoms with Crippen LogP contribution in [-0.2, 0) is 11.2 Å². The quantitative estimate of drug-likeness (QED) is 0.657. The minimum absolute atomic E-state index is 0.100. The number of hydrogen-bond donors (Lipinski definition) is 2. The van der Waals surface area contributed by atoms with Crippen molar-refractivity contribution in [3.05, 3.63) is 75.7 Å². The first-order chi connectivity index (χ1) is 14.5. The van der Waals surface area contributed by atoms with Crippen molar-refractivity contribution in [2.45, 2.75) is 45.1 Å². The van der Waals surface area contributed by atoms with E-state index in [2.05, 4.69) is 16.0 Å². The Kier molecular flexibility index (Phi) is 5.35. The number of hydrazine groups is 1. The van der Waals surface area contributed by atoms with Crippen LogP contribution in [0.2, 0.25) is 0 Å². The molecule has 2 aromatic carbocycles. The predicted octanol–water partition coefficient (Wildman–Crippen LogP) is 2.86. The number of amides is 2. The number of aromatic nitrogens is 2. The Morgan fingerprint density at radius 1 is 1.03 bits per heavy atom. The lowest BCUT2D eigenvalue weighted by Gasteiger charge is -2.24. The largest absolute Gasteiger partial charge is 0.290 e. The Bertz CT molecular complexity index is 1180. The van der Waals surface area contributed by atoms with E-state index in [-0.39, 0.29) is 29.1 Å². The second-order valence-electron chi connectivity index (χ2n) is 7.82. The lowest BCUT2D eigenvalue weighted by atomic mass is 9.82. The summed E-state index contributed by atoms with van der Waals surface area (Å²) in [6.07, 6.45) is 2.62. The lowest BCUT2D eigenvalue weighted by molar-refractivity contribution is -0.123. The highest BCUT2D eigenvalue weighted by Gasteiger charge is 2.27. The van der Waals surface area contributed by atoms with Crippen molar-refractivity contribution in [2.24, 2.45) is 0 Å². The van der Waals surface area contributed by atoms with Crippen molar-refractivity contribution >= 4 is 22.6 Å². The van der Waals surface area contributed by atoms with Crippen LogP contribution in [0.1, 0.15) is 60.3 Å². The second-order valence-corrected chi connectivity index (χ2v) is 7.82. The van der Waals surface area contributed by atoms with Crippen molar-refractivity contribution in [3.63, 3.8) is 0 Å². The topological polar surface area (TPSA) is 93.1 Å². The van der Waals surface area contributed by atoms with Gasteiger partial charge in [-0.2, -0.15) is 5.10 Å². The van der Waals surface area contributed by atoms with Crippen LogP contribution in [0.5, 0.6) is 0 Å². The molecule has 1 aliphatic rings. The van der Waals surface area contributed by atoms with Gasteiger partial charge in [0, 0.05) is 5.39 Å². The third-order valence-electron chi connectivity index (χ3n) is 5.52. The first-order valence-corrected chi connectivity index (χ1v) is 10.2. The number of carbonyl (C=O) groups excluding carboxylic acids is 2. The van der Waals surface area contributed by atoms with Gasteiger partial charge >= 0.3 is 0 Å². The van der Waals surface area contributed by atoms with Gasteiger partial charge in [-0.3, -0.25) is 25.2 Å². The maximum Gasteiger partial charge on any atom is 0.290 e. The maximum absolute atomic E-state index is 12.9. The van der Waals surface area contributed by atoms with Gasteiger partial charge in [0.2, 0.25) is 5.91 Å². The van der Waals surface area contributed by atoms with Crippen molar-refractivity contribution in [1.29, 1.82) is 0 Å². The van der Waals surface area contributed by atoms with Crippen molar-refractivity contribution in [2.75, 3.05) is 0 Å². The molecule has 0 saturated heterocycles. The first kappa shape index (κ1) is 19.8. The zero-order chi connectivity index (χ0) is 21.3. The molecule has 3 aromatic rings. The van der Waals surface area contributed by atoms with Crippen LogP contribution in [0.3, 0.4) is 0 Å². The van der Waals surface area contributed by atoms with Gasteiger partial charge < -0.3 is 0 Å². The van der Waals surface area contributed by atoms with Crippen LogP contribution in [0.4, 0.5) is 0 Å². The zero-order valence-corrected chi connectivity index (χ0v) is 17.0. The van der Waals surface area contributed by atoms with E-state index < -0.39 is 5.91 Å². The van der Waals surface area contributed by atoms with Crippen molar-refractivity contribution in [3.8, 4) is 0 Å². The normalized spacial score (nSPS) is 15.6. The van der Waals surface area contributed by atoms with E-state index in [0.717, 1.165) is 24.8 Å². The van der Waals surface area contributed by atoms with Gasteiger partial charge in [-0.15, -0.1) is 0 Å². The minimum atomic E-state index is -0.557. The third-order valence-corrected chi connectivity index (χ3v) is 5.52. The van der Waals surface area contributed by atoms with Crippen LogP contribution >= 0.6 is 0 Å². The maximum atomic E-state index is 12.9. The molecule has 7 heteroatoms. The number of rotatable bonds is 3. The van der Waals surface area contributed by atoms with Gasteiger partial charge in [-0.1, -0.05) is 42.5 Å². The molecule has 1 aromatic heterocycles. The van der Waals surface area contributed by atoms with Gasteiger partial charge in [0.05, 0.1) is 17.3 Å². The van der Waals surface area contributed by atoms with E-state index >= 15 is 0 Å². The molecule has 0 fully saturated rings. The number of carbonyl (C=O) groups is 2. The summed E-state index contributed by atoms with van der Waals surface area (Å²) in [5, 5.41) is 5.14. The summed E-state index contributed by atoms with van der Waals surface area (Å²) in [5.74, 6) is -1.11. The molecule has 7 nitrogen and oxygen atoms in total. The summed E-state index contributed by atoms with van der Waals surface area (Å²) in [7, 11) is 0. The monoisotopic (exact) mass is 404 g/mol. The molecular formula is C23H24N4O3. The van der Waals surface area contributed by atoms with Crippen molar-refractivity contribution < 1.29 is 9.59 Å². The number of nitrogens with one attached hydrogen (secondary N) is 2. The molecule has 0 saturated carbocycles. The zero-order valence-electron chi connectivity index (χ0n) is 17.0. The van der Waals surface area contributed by atoms with Crippen LogP contribution in [0.15, 0.2) is 53.3 Å². The van der Waals surface area contributed by atoms with Crippen LogP contribution in [-0.4, -0.2) is 21.6 Å². The molecule has 0 aliphatic heterocycles. The highest BCUT2D eigenvalue weighted by molar-refractivity contribution is 6.05. The summed E-state index contributed by atoms with van der Waals surface area (Å²) in [6.45, 7) is 3.65. The average Bonchev–Trinajstić information content (AvgIpc) is 2.77. The molecule has 0 bridgehead atoms. The number of hydrogen-bond acceptors (Lipinski definition) is 4. The molecule has 2 amide bonds. The summed E-state index contributed by atoms with van der Waals surface area (Å²) < 4.78 is 1.29. The molecule has 1 atom stereocenters. The average molecular weight is 404 g/mol.